The molecule has 17 heavy (non-hydrogen) atoms. The molecule has 0 aliphatic carbocycles. The fourth-order valence-electron chi connectivity index (χ4n) is 0.954. The number of benzene rings is 1. The highest BCUT2D eigenvalue weighted by Crippen LogP contribution is 2.26. The van der Waals surface area contributed by atoms with Gasteiger partial charge in [-0.2, -0.15) is 5.10 Å². The molecule has 1 aromatic carbocycles. The minimum Gasteiger partial charge on any atom is -0.273 e. The first-order valence-corrected chi connectivity index (χ1v) is 4.66. The van der Waals surface area contributed by atoms with Crippen molar-refractivity contribution >= 4 is 11.9 Å². The molecule has 7 heteroatoms. The van der Waals surface area contributed by atoms with Gasteiger partial charge in [-0.1, -0.05) is 13.8 Å². The molecule has 0 radical (unpaired) electrons. The van der Waals surface area contributed by atoms with Crippen LogP contribution in [0.4, 0.5) is 27.6 Å². The summed E-state index contributed by atoms with van der Waals surface area (Å²) in [7, 11) is 0. The molecule has 1 aromatic rings. The fourth-order valence-corrected chi connectivity index (χ4v) is 0.954. The second-order valence-corrected chi connectivity index (χ2v) is 3.58. The van der Waals surface area contributed by atoms with Crippen LogP contribution in [0.5, 0.6) is 0 Å². The van der Waals surface area contributed by atoms with Crippen LogP contribution in [-0.2, 0) is 0 Å². The highest BCUT2D eigenvalue weighted by atomic mass is 19.2. The molecule has 0 spiro atoms. The maximum Gasteiger partial charge on any atom is 0.200 e. The van der Waals surface area contributed by atoms with Crippen molar-refractivity contribution < 1.29 is 22.0 Å². The number of rotatable bonds is 3. The number of nitrogens with one attached hydrogen (secondary N) is 1. The third-order valence-electron chi connectivity index (χ3n) is 1.76. The van der Waals surface area contributed by atoms with E-state index in [9.17, 15) is 22.0 Å². The van der Waals surface area contributed by atoms with E-state index in [1.165, 1.54) is 6.21 Å². The number of hydrogen-bond acceptors (Lipinski definition) is 2. The van der Waals surface area contributed by atoms with Crippen molar-refractivity contribution in [2.75, 3.05) is 5.43 Å². The summed E-state index contributed by atoms with van der Waals surface area (Å²) in [6.07, 6.45) is 1.26. The van der Waals surface area contributed by atoms with Gasteiger partial charge in [0.25, 0.3) is 0 Å². The summed E-state index contributed by atoms with van der Waals surface area (Å²) in [6.45, 7) is 3.45. The van der Waals surface area contributed by atoms with E-state index < -0.39 is 34.8 Å². The summed E-state index contributed by atoms with van der Waals surface area (Å²) in [4.78, 5) is 0. The van der Waals surface area contributed by atoms with Crippen molar-refractivity contribution in [1.29, 1.82) is 0 Å². The van der Waals surface area contributed by atoms with Gasteiger partial charge in [0, 0.05) is 6.21 Å². The van der Waals surface area contributed by atoms with E-state index in [1.807, 2.05) is 0 Å². The summed E-state index contributed by atoms with van der Waals surface area (Å²) < 4.78 is 64.3. The number of hydrogen-bond donors (Lipinski definition) is 1. The van der Waals surface area contributed by atoms with Gasteiger partial charge in [0.2, 0.25) is 5.82 Å². The Kier molecular flexibility index (Phi) is 4.03. The van der Waals surface area contributed by atoms with Crippen LogP contribution >= 0.6 is 0 Å². The summed E-state index contributed by atoms with van der Waals surface area (Å²) in [5, 5.41) is 3.36. The minimum absolute atomic E-state index is 0.0382. The van der Waals surface area contributed by atoms with Crippen LogP contribution in [0.1, 0.15) is 13.8 Å². The van der Waals surface area contributed by atoms with Crippen LogP contribution in [0.15, 0.2) is 5.10 Å². The number of hydrazone groups is 1. The lowest BCUT2D eigenvalue weighted by Crippen LogP contribution is -2.07. The topological polar surface area (TPSA) is 24.4 Å². The zero-order chi connectivity index (χ0) is 13.2. The van der Waals surface area contributed by atoms with E-state index in [0.717, 1.165) is 0 Å². The SMILES string of the molecule is CC(C)C=NNc1c(F)c(F)c(F)c(F)c1F. The smallest absolute Gasteiger partial charge is 0.200 e. The Bertz CT molecular complexity index is 427. The van der Waals surface area contributed by atoms with Crippen molar-refractivity contribution in [2.45, 2.75) is 13.8 Å². The van der Waals surface area contributed by atoms with Crippen LogP contribution in [0.2, 0.25) is 0 Å². The summed E-state index contributed by atoms with van der Waals surface area (Å²) in [6, 6.07) is 0. The molecule has 0 saturated carbocycles. The van der Waals surface area contributed by atoms with Crippen LogP contribution in [0.3, 0.4) is 0 Å². The molecule has 94 valence electrons. The van der Waals surface area contributed by atoms with E-state index in [-0.39, 0.29) is 5.92 Å². The second-order valence-electron chi connectivity index (χ2n) is 3.58. The van der Waals surface area contributed by atoms with Crippen molar-refractivity contribution in [3.8, 4) is 0 Å². The maximum atomic E-state index is 13.1. The minimum atomic E-state index is -2.20. The number of anilines is 1. The largest absolute Gasteiger partial charge is 0.273 e. The van der Waals surface area contributed by atoms with Gasteiger partial charge < -0.3 is 0 Å². The van der Waals surface area contributed by atoms with Gasteiger partial charge in [-0.05, 0) is 5.92 Å². The van der Waals surface area contributed by atoms with Gasteiger partial charge in [-0.15, -0.1) is 0 Å². The van der Waals surface area contributed by atoms with Gasteiger partial charge in [0.05, 0.1) is 0 Å². The van der Waals surface area contributed by atoms with E-state index >= 15 is 0 Å². The molecule has 1 N–H and O–H groups in total. The molecule has 0 aliphatic heterocycles. The molecule has 0 saturated heterocycles. The first kappa shape index (κ1) is 13.4. The van der Waals surface area contributed by atoms with E-state index in [0.29, 0.717) is 0 Å². The van der Waals surface area contributed by atoms with E-state index in [1.54, 1.807) is 19.3 Å². The van der Waals surface area contributed by atoms with Crippen LogP contribution in [-0.4, -0.2) is 6.21 Å². The summed E-state index contributed by atoms with van der Waals surface area (Å²) in [5.74, 6) is -10.1. The third-order valence-corrected chi connectivity index (χ3v) is 1.76. The predicted molar refractivity (Wildman–Crippen MR) is 53.2 cm³/mol. The Morgan fingerprint density at radius 2 is 1.29 bits per heavy atom. The maximum absolute atomic E-state index is 13.1. The molecular formula is C10H9F5N2. The Balaban J connectivity index is 3.16. The first-order chi connectivity index (χ1) is 7.86. The highest BCUT2D eigenvalue weighted by Gasteiger charge is 2.25. The Hall–Kier alpha value is -1.66. The quantitative estimate of drug-likeness (QED) is 0.288. The standard InChI is InChI=1S/C10H9F5N2/c1-4(2)3-16-17-10-8(14)6(12)5(11)7(13)9(10)15/h3-4,17H,1-2H3. The molecule has 0 fully saturated rings. The zero-order valence-electron chi connectivity index (χ0n) is 8.99. The predicted octanol–water partition coefficient (Wildman–Crippen LogP) is 3.44. The molecule has 0 amide bonds. The number of halogens is 5. The van der Waals surface area contributed by atoms with Crippen molar-refractivity contribution in [3.05, 3.63) is 29.1 Å². The lowest BCUT2D eigenvalue weighted by atomic mass is 10.2. The third kappa shape index (κ3) is 2.72. The van der Waals surface area contributed by atoms with Gasteiger partial charge in [0.15, 0.2) is 23.3 Å². The molecule has 0 unspecified atom stereocenters. The van der Waals surface area contributed by atoms with Gasteiger partial charge >= 0.3 is 0 Å². The van der Waals surface area contributed by atoms with Crippen molar-refractivity contribution in [1.82, 2.24) is 0 Å². The molecule has 0 heterocycles. The normalized spacial score (nSPS) is 11.5. The molecule has 0 aliphatic rings. The molecular weight excluding hydrogens is 243 g/mol. The van der Waals surface area contributed by atoms with Crippen molar-refractivity contribution in [3.63, 3.8) is 0 Å². The van der Waals surface area contributed by atoms with Crippen LogP contribution < -0.4 is 5.43 Å². The average molecular weight is 252 g/mol. The van der Waals surface area contributed by atoms with Crippen LogP contribution in [0, 0.1) is 35.0 Å². The highest BCUT2D eigenvalue weighted by molar-refractivity contribution is 5.61. The fraction of sp³-hybridized carbons (Fsp3) is 0.300. The summed E-state index contributed by atoms with van der Waals surface area (Å²) in [5.41, 5.74) is 0.626. The number of nitrogens with zero attached hydrogens (tertiary/aromatic N) is 1. The zero-order valence-corrected chi connectivity index (χ0v) is 8.99. The van der Waals surface area contributed by atoms with Gasteiger partial charge in [-0.3, -0.25) is 5.43 Å². The first-order valence-electron chi connectivity index (χ1n) is 4.66. The molecule has 2 nitrogen and oxygen atoms in total. The molecule has 0 atom stereocenters. The van der Waals surface area contributed by atoms with E-state index in [4.69, 9.17) is 0 Å². The average Bonchev–Trinajstić information content (AvgIpc) is 2.28. The lowest BCUT2D eigenvalue weighted by Gasteiger charge is -2.07. The molecule has 0 aromatic heterocycles. The monoisotopic (exact) mass is 252 g/mol. The summed E-state index contributed by atoms with van der Waals surface area (Å²) >= 11 is 0. The Morgan fingerprint density at radius 3 is 1.71 bits per heavy atom. The van der Waals surface area contributed by atoms with Gasteiger partial charge in [0.1, 0.15) is 5.69 Å². The van der Waals surface area contributed by atoms with Crippen LogP contribution in [0.25, 0.3) is 0 Å². The Morgan fingerprint density at radius 1 is 0.882 bits per heavy atom. The van der Waals surface area contributed by atoms with Crippen molar-refractivity contribution in [2.24, 2.45) is 11.0 Å². The second kappa shape index (κ2) is 5.11. The van der Waals surface area contributed by atoms with E-state index in [2.05, 4.69) is 5.10 Å². The Labute approximate surface area is 94.1 Å². The molecule has 1 rings (SSSR count). The molecule has 0 bridgehead atoms. The lowest BCUT2D eigenvalue weighted by molar-refractivity contribution is 0.381. The van der Waals surface area contributed by atoms with Gasteiger partial charge in [-0.25, -0.2) is 22.0 Å².